The molecule has 1 aromatic carbocycles. The van der Waals surface area contributed by atoms with E-state index in [9.17, 15) is 4.39 Å². The summed E-state index contributed by atoms with van der Waals surface area (Å²) in [4.78, 5) is 0. The Morgan fingerprint density at radius 2 is 1.76 bits per heavy atom. The van der Waals surface area contributed by atoms with Crippen molar-refractivity contribution in [1.29, 1.82) is 0 Å². The van der Waals surface area contributed by atoms with E-state index in [4.69, 9.17) is 0 Å². The van der Waals surface area contributed by atoms with Gasteiger partial charge in [-0.25, -0.2) is 4.39 Å². The van der Waals surface area contributed by atoms with Crippen molar-refractivity contribution in [3.05, 3.63) is 49.5 Å². The number of benzene rings is 1. The molecule has 1 rings (SSSR count). The molecule has 0 fully saturated rings. The summed E-state index contributed by atoms with van der Waals surface area (Å²) in [6.45, 7) is 5.97. The summed E-state index contributed by atoms with van der Waals surface area (Å²) in [5, 5.41) is 0. The summed E-state index contributed by atoms with van der Waals surface area (Å²) in [5.74, 6) is -0.136. The van der Waals surface area contributed by atoms with Crippen LogP contribution in [-0.4, -0.2) is 0 Å². The number of hydrogen-bond donors (Lipinski definition) is 0. The van der Waals surface area contributed by atoms with E-state index in [1.165, 1.54) is 11.6 Å². The average molecular weight is 908 g/mol. The summed E-state index contributed by atoms with van der Waals surface area (Å²) in [6.07, 6.45) is 3.99. The van der Waals surface area contributed by atoms with E-state index < -0.39 is 0 Å². The Labute approximate surface area is 177 Å². The first-order valence-corrected chi connectivity index (χ1v) is 4.84. The molecule has 90 valence electrons. The van der Waals surface area contributed by atoms with Gasteiger partial charge in [0.2, 0.25) is 0 Å². The van der Waals surface area contributed by atoms with Crippen molar-refractivity contribution in [2.45, 2.75) is 32.6 Å². The van der Waals surface area contributed by atoms with E-state index in [0.29, 0.717) is 0 Å². The number of hydrogen-bond acceptors (Lipinski definition) is 0. The molecule has 0 spiro atoms. The van der Waals surface area contributed by atoms with Crippen molar-refractivity contribution in [1.82, 2.24) is 0 Å². The third-order valence-corrected chi connectivity index (χ3v) is 2.24. The summed E-state index contributed by atoms with van der Waals surface area (Å²) in [7, 11) is 0. The van der Waals surface area contributed by atoms with Crippen LogP contribution in [0.15, 0.2) is 18.2 Å². The van der Waals surface area contributed by atoms with Crippen molar-refractivity contribution in [3.8, 4) is 0 Å². The zero-order chi connectivity index (χ0) is 9.68. The van der Waals surface area contributed by atoms with Gasteiger partial charge in [-0.15, -0.1) is 0 Å². The summed E-state index contributed by atoms with van der Waals surface area (Å²) in [6, 6.07) is 4.99. The minimum absolute atomic E-state index is 0. The molecule has 0 atom stereocenters. The quantitative estimate of drug-likeness (QED) is 0.402. The van der Waals surface area contributed by atoms with Gasteiger partial charge in [0.1, 0.15) is 5.82 Å². The second kappa shape index (κ2) is 16.4. The van der Waals surface area contributed by atoms with Crippen molar-refractivity contribution >= 4 is 0 Å². The van der Waals surface area contributed by atoms with Gasteiger partial charge < -0.3 is 14.4 Å². The van der Waals surface area contributed by atoms with Crippen molar-refractivity contribution in [2.75, 3.05) is 0 Å². The van der Waals surface area contributed by atoms with Crippen LogP contribution in [0.1, 0.15) is 30.9 Å². The Bertz CT molecular complexity index is 277. The van der Waals surface area contributed by atoms with Gasteiger partial charge in [-0.3, -0.25) is 0 Å². The van der Waals surface area contributed by atoms with Gasteiger partial charge >= 0.3 is 31.1 Å². The van der Waals surface area contributed by atoms with Gasteiger partial charge in [-0.2, -0.15) is 6.42 Å². The predicted octanol–water partition coefficient (Wildman–Crippen LogP) is 4.00. The van der Waals surface area contributed by atoms with Gasteiger partial charge in [0.15, 0.2) is 0 Å². The van der Waals surface area contributed by atoms with Gasteiger partial charge in [0.05, 0.1) is 0 Å². The molecular formula is C13H19FU3. The second-order valence-corrected chi connectivity index (χ2v) is 3.27. The normalized spacial score (nSPS) is 7.94. The average Bonchev–Trinajstić information content (AvgIpc) is 2.15. The van der Waals surface area contributed by atoms with Crippen LogP contribution >= 0.6 is 0 Å². The number of aryl methyl sites for hydroxylation is 1. The summed E-state index contributed by atoms with van der Waals surface area (Å²) >= 11 is 0. The number of rotatable bonds is 4. The molecule has 0 saturated heterocycles. The number of halogens is 1. The van der Waals surface area contributed by atoms with E-state index in [0.717, 1.165) is 31.2 Å². The molecule has 0 aromatic heterocycles. The zero-order valence-electron chi connectivity index (χ0n) is 10.6. The SMILES string of the molecule is [CH2-]Cc1ccc(F)cc1CCCC.[CH3-].[U+2].[U].[U]. The molecule has 0 amide bonds. The van der Waals surface area contributed by atoms with E-state index in [1.807, 2.05) is 6.07 Å². The molecule has 17 heavy (non-hydrogen) atoms. The maximum absolute atomic E-state index is 12.9. The van der Waals surface area contributed by atoms with E-state index in [-0.39, 0.29) is 107 Å². The first kappa shape index (κ1) is 27.6. The minimum atomic E-state index is -0.136. The third-order valence-electron chi connectivity index (χ3n) is 2.24. The molecule has 0 aliphatic carbocycles. The van der Waals surface area contributed by atoms with Crippen LogP contribution in [0.3, 0.4) is 0 Å². The minimum Gasteiger partial charge on any atom is -0.358 e. The molecule has 0 radical (unpaired) electrons. The van der Waals surface area contributed by atoms with Gasteiger partial charge in [0.25, 0.3) is 0 Å². The number of unbranched alkanes of at least 4 members (excludes halogenated alkanes) is 1. The summed E-state index contributed by atoms with van der Waals surface area (Å²) in [5.41, 5.74) is 2.30. The Kier molecular flexibility index (Phi) is 26.6. The summed E-state index contributed by atoms with van der Waals surface area (Å²) < 4.78 is 12.9. The van der Waals surface area contributed by atoms with Crippen molar-refractivity contribution in [3.63, 3.8) is 0 Å². The molecule has 0 saturated carbocycles. The van der Waals surface area contributed by atoms with Crippen molar-refractivity contribution in [2.24, 2.45) is 0 Å². The third kappa shape index (κ3) is 10.7. The van der Waals surface area contributed by atoms with Crippen LogP contribution in [0, 0.1) is 114 Å². The molecule has 0 bridgehead atoms. The fraction of sp³-hybridized carbons (Fsp3) is 0.385. The van der Waals surface area contributed by atoms with Crippen LogP contribution in [0.4, 0.5) is 4.39 Å². The Morgan fingerprint density at radius 1 is 1.18 bits per heavy atom. The molecule has 4 heteroatoms. The fourth-order valence-corrected chi connectivity index (χ4v) is 1.44. The molecule has 1 aromatic rings. The zero-order valence-corrected chi connectivity index (χ0v) is 23.1. The first-order valence-electron chi connectivity index (χ1n) is 4.84. The first-order chi connectivity index (χ1) is 6.27. The Morgan fingerprint density at radius 3 is 2.24 bits per heavy atom. The van der Waals surface area contributed by atoms with E-state index >= 15 is 0 Å². The molecule has 0 aliphatic rings. The van der Waals surface area contributed by atoms with Crippen LogP contribution in [-0.2, 0) is 12.8 Å². The molecular weight excluding hydrogens is 889 g/mol. The molecule has 0 heterocycles. The second-order valence-electron chi connectivity index (χ2n) is 3.27. The fourth-order valence-electron chi connectivity index (χ4n) is 1.44. The van der Waals surface area contributed by atoms with Crippen LogP contribution in [0.25, 0.3) is 0 Å². The predicted molar refractivity (Wildman–Crippen MR) is 60.5 cm³/mol. The van der Waals surface area contributed by atoms with E-state index in [2.05, 4.69) is 13.8 Å². The van der Waals surface area contributed by atoms with Crippen LogP contribution < -0.4 is 0 Å². The van der Waals surface area contributed by atoms with Gasteiger partial charge in [0, 0.05) is 62.2 Å². The van der Waals surface area contributed by atoms with Crippen LogP contribution in [0.5, 0.6) is 0 Å². The standard InChI is InChI=1S/C12H16F.CH3.3U/c1-3-5-6-11-9-12(13)8-7-10(11)4-2;;;;/h7-9H,2-6H2,1H3;1H3;;;/q2*-1;;;+2. The molecule has 0 unspecified atom stereocenters. The Hall–Kier alpha value is 2.31. The monoisotopic (exact) mass is 908 g/mol. The molecule has 0 aliphatic heterocycles. The van der Waals surface area contributed by atoms with Crippen molar-refractivity contribution < 1.29 is 97.7 Å². The van der Waals surface area contributed by atoms with Gasteiger partial charge in [-0.05, 0) is 30.5 Å². The maximum Gasteiger partial charge on any atom is 2.00 e. The topological polar surface area (TPSA) is 0 Å². The molecule has 0 nitrogen and oxygen atoms in total. The Balaban J connectivity index is -0.000000211. The van der Waals surface area contributed by atoms with Crippen LogP contribution in [0.2, 0.25) is 0 Å². The van der Waals surface area contributed by atoms with Gasteiger partial charge in [-0.1, -0.05) is 25.0 Å². The maximum atomic E-state index is 12.9. The van der Waals surface area contributed by atoms with E-state index in [1.54, 1.807) is 6.07 Å². The molecule has 0 N–H and O–H groups in total. The largest absolute Gasteiger partial charge is 2.00 e. The smallest absolute Gasteiger partial charge is 0.358 e.